The van der Waals surface area contributed by atoms with Crippen LogP contribution in [0.1, 0.15) is 5.56 Å². The van der Waals surface area contributed by atoms with Crippen LogP contribution in [0.3, 0.4) is 0 Å². The number of nitrogens with zero attached hydrogens (tertiary/aromatic N) is 5. The van der Waals surface area contributed by atoms with Crippen molar-refractivity contribution in [1.82, 2.24) is 19.9 Å². The second-order valence-electron chi connectivity index (χ2n) is 7.81. The van der Waals surface area contributed by atoms with Crippen molar-refractivity contribution in [1.29, 1.82) is 0 Å². The van der Waals surface area contributed by atoms with E-state index in [1.165, 1.54) is 0 Å². The predicted molar refractivity (Wildman–Crippen MR) is 125 cm³/mol. The molecule has 1 saturated heterocycles. The van der Waals surface area contributed by atoms with Gasteiger partial charge in [-0.15, -0.1) is 0 Å². The Labute approximate surface area is 190 Å². The normalized spacial score (nSPS) is 14.0. The molecule has 1 aliphatic rings. The number of hydrogen-bond donors (Lipinski definition) is 1. The predicted octanol–water partition coefficient (Wildman–Crippen LogP) is 3.63. The molecule has 0 atom stereocenters. The molecule has 0 radical (unpaired) electrons. The molecule has 4 aromatic rings. The maximum Gasteiger partial charge on any atom is 0.219 e. The van der Waals surface area contributed by atoms with Gasteiger partial charge in [0.2, 0.25) is 5.95 Å². The van der Waals surface area contributed by atoms with Crippen LogP contribution in [-0.2, 0) is 4.74 Å². The van der Waals surface area contributed by atoms with Gasteiger partial charge in [-0.3, -0.25) is 0 Å². The summed E-state index contributed by atoms with van der Waals surface area (Å²) in [4.78, 5) is 19.9. The van der Waals surface area contributed by atoms with Crippen molar-refractivity contribution in [2.45, 2.75) is 6.92 Å². The van der Waals surface area contributed by atoms with Gasteiger partial charge in [0.1, 0.15) is 17.4 Å². The van der Waals surface area contributed by atoms with Gasteiger partial charge in [0.25, 0.3) is 0 Å². The van der Waals surface area contributed by atoms with Gasteiger partial charge in [-0.1, -0.05) is 18.2 Å². The van der Waals surface area contributed by atoms with Crippen LogP contribution in [0.5, 0.6) is 5.75 Å². The van der Waals surface area contributed by atoms with Gasteiger partial charge in [-0.05, 0) is 18.6 Å². The highest BCUT2D eigenvalue weighted by molar-refractivity contribution is 5.96. The van der Waals surface area contributed by atoms with Crippen molar-refractivity contribution in [3.63, 3.8) is 0 Å². The molecule has 9 heteroatoms. The van der Waals surface area contributed by atoms with E-state index in [9.17, 15) is 0 Å². The number of rotatable bonds is 4. The number of aryl methyl sites for hydroxylation is 1. The molecule has 0 aliphatic carbocycles. The topological polar surface area (TPSA) is 99.3 Å². The van der Waals surface area contributed by atoms with Crippen LogP contribution in [0.15, 0.2) is 42.7 Å². The molecule has 8 nitrogen and oxygen atoms in total. The first kappa shape index (κ1) is 21.0. The molecule has 0 amide bonds. The maximum atomic E-state index is 15.0. The van der Waals surface area contributed by atoms with Crippen LogP contribution in [0.25, 0.3) is 33.4 Å². The number of benzene rings is 2. The van der Waals surface area contributed by atoms with Crippen LogP contribution in [0, 0.1) is 12.7 Å². The molecule has 5 rings (SSSR count). The van der Waals surface area contributed by atoms with Crippen molar-refractivity contribution >= 4 is 22.7 Å². The molecule has 0 saturated carbocycles. The summed E-state index contributed by atoms with van der Waals surface area (Å²) in [6.07, 6.45) is 3.20. The zero-order valence-electron chi connectivity index (χ0n) is 18.4. The van der Waals surface area contributed by atoms with Crippen LogP contribution >= 0.6 is 0 Å². The van der Waals surface area contributed by atoms with Crippen molar-refractivity contribution in [2.24, 2.45) is 0 Å². The lowest BCUT2D eigenvalue weighted by Gasteiger charge is -2.29. The summed E-state index contributed by atoms with van der Waals surface area (Å²) in [6.45, 7) is 4.31. The summed E-state index contributed by atoms with van der Waals surface area (Å²) in [7, 11) is 1.57. The van der Waals surface area contributed by atoms with Crippen LogP contribution < -0.4 is 15.4 Å². The average molecular weight is 446 g/mol. The van der Waals surface area contributed by atoms with Gasteiger partial charge in [0.05, 0.1) is 31.4 Å². The first-order valence-electron chi connectivity index (χ1n) is 10.6. The molecule has 2 aromatic carbocycles. The molecule has 2 N–H and O–H groups in total. The third kappa shape index (κ3) is 3.91. The Kier molecular flexibility index (Phi) is 5.47. The largest absolute Gasteiger partial charge is 0.496 e. The van der Waals surface area contributed by atoms with Crippen molar-refractivity contribution in [3.8, 4) is 28.3 Å². The molecular weight excluding hydrogens is 423 g/mol. The minimum Gasteiger partial charge on any atom is -0.496 e. The van der Waals surface area contributed by atoms with Crippen LogP contribution in [0.4, 0.5) is 16.2 Å². The summed E-state index contributed by atoms with van der Waals surface area (Å²) < 4.78 is 26.2. The lowest BCUT2D eigenvalue weighted by atomic mass is 9.99. The second-order valence-corrected chi connectivity index (χ2v) is 7.81. The molecule has 168 valence electrons. The fourth-order valence-electron chi connectivity index (χ4n) is 3.97. The van der Waals surface area contributed by atoms with Gasteiger partial charge < -0.3 is 20.1 Å². The number of nitrogen functional groups attached to an aromatic ring is 1. The summed E-state index contributed by atoms with van der Waals surface area (Å²) in [5.74, 6) is 1.64. The van der Waals surface area contributed by atoms with E-state index >= 15 is 4.39 Å². The zero-order chi connectivity index (χ0) is 22.9. The Morgan fingerprint density at radius 3 is 2.55 bits per heavy atom. The number of morpholine rings is 1. The standard InChI is InChI=1S/C24H23FN6O2/c1-14-4-3-5-16(21(14)25)17-10-18-19(11-20(17)32-2)29-22(15-12-27-24(26)28-13-15)30-23(18)31-6-8-33-9-7-31/h3-5,10-13H,6-9H2,1-2H3,(H2,26,27,28). The van der Waals surface area contributed by atoms with E-state index in [0.29, 0.717) is 65.6 Å². The number of hydrogen-bond acceptors (Lipinski definition) is 8. The van der Waals surface area contributed by atoms with Crippen molar-refractivity contribution < 1.29 is 13.9 Å². The highest BCUT2D eigenvalue weighted by atomic mass is 19.1. The third-order valence-electron chi connectivity index (χ3n) is 5.72. The zero-order valence-corrected chi connectivity index (χ0v) is 18.4. The molecule has 0 spiro atoms. The van der Waals surface area contributed by atoms with Crippen molar-refractivity contribution in [2.75, 3.05) is 44.0 Å². The SMILES string of the molecule is COc1cc2nc(-c3cnc(N)nc3)nc(N3CCOCC3)c2cc1-c1cccc(C)c1F. The van der Waals surface area contributed by atoms with Gasteiger partial charge in [-0.25, -0.2) is 24.3 Å². The number of aromatic nitrogens is 4. The van der Waals surface area contributed by atoms with E-state index in [4.69, 9.17) is 25.2 Å². The lowest BCUT2D eigenvalue weighted by molar-refractivity contribution is 0.122. The maximum absolute atomic E-state index is 15.0. The summed E-state index contributed by atoms with van der Waals surface area (Å²) >= 11 is 0. The summed E-state index contributed by atoms with van der Waals surface area (Å²) in [6, 6.07) is 9.05. The van der Waals surface area contributed by atoms with Crippen molar-refractivity contribution in [3.05, 3.63) is 54.1 Å². The summed E-state index contributed by atoms with van der Waals surface area (Å²) in [5, 5.41) is 0.800. The molecule has 1 fully saturated rings. The molecular formula is C24H23FN6O2. The third-order valence-corrected chi connectivity index (χ3v) is 5.72. The minimum absolute atomic E-state index is 0.180. The Hall–Kier alpha value is -3.85. The van der Waals surface area contributed by atoms with Gasteiger partial charge in [0.15, 0.2) is 5.82 Å². The number of halogens is 1. The van der Waals surface area contributed by atoms with Gasteiger partial charge in [-0.2, -0.15) is 0 Å². The Morgan fingerprint density at radius 2 is 1.82 bits per heavy atom. The Bertz CT molecular complexity index is 1320. The van der Waals surface area contributed by atoms with E-state index < -0.39 is 0 Å². The first-order valence-corrected chi connectivity index (χ1v) is 10.6. The van der Waals surface area contributed by atoms with Crippen LogP contribution in [-0.4, -0.2) is 53.3 Å². The number of nitrogens with two attached hydrogens (primary N) is 1. The molecule has 2 aromatic heterocycles. The molecule has 0 bridgehead atoms. The molecule has 0 unspecified atom stereocenters. The van der Waals surface area contributed by atoms with E-state index in [1.807, 2.05) is 18.2 Å². The molecule has 1 aliphatic heterocycles. The monoisotopic (exact) mass is 446 g/mol. The Morgan fingerprint density at radius 1 is 1.06 bits per heavy atom. The van der Waals surface area contributed by atoms with E-state index in [2.05, 4.69) is 14.9 Å². The van der Waals surface area contributed by atoms with Crippen LogP contribution in [0.2, 0.25) is 0 Å². The average Bonchev–Trinajstić information content (AvgIpc) is 2.85. The summed E-state index contributed by atoms with van der Waals surface area (Å²) in [5.41, 5.74) is 8.65. The fraction of sp³-hybridized carbons (Fsp3) is 0.250. The number of methoxy groups -OCH3 is 1. The highest BCUT2D eigenvalue weighted by Crippen LogP contribution is 2.39. The van der Waals surface area contributed by atoms with Gasteiger partial charge in [0, 0.05) is 48.1 Å². The second kappa shape index (κ2) is 8.59. The quantitative estimate of drug-likeness (QED) is 0.507. The molecule has 3 heterocycles. The first-order chi connectivity index (χ1) is 16.0. The van der Waals surface area contributed by atoms with Gasteiger partial charge >= 0.3 is 0 Å². The fourth-order valence-corrected chi connectivity index (χ4v) is 3.97. The number of fused-ring (bicyclic) bond motifs is 1. The smallest absolute Gasteiger partial charge is 0.219 e. The molecule has 33 heavy (non-hydrogen) atoms. The number of anilines is 2. The van der Waals surface area contributed by atoms with E-state index in [1.54, 1.807) is 38.6 Å². The minimum atomic E-state index is -0.278. The lowest BCUT2D eigenvalue weighted by Crippen LogP contribution is -2.37. The Balaban J connectivity index is 1.76. The van der Waals surface area contributed by atoms with E-state index in [0.717, 1.165) is 11.2 Å². The highest BCUT2D eigenvalue weighted by Gasteiger charge is 2.21. The number of ether oxygens (including phenoxy) is 2. The van der Waals surface area contributed by atoms with E-state index in [-0.39, 0.29) is 11.8 Å².